The Balaban J connectivity index is 2.45. The van der Waals surface area contributed by atoms with Crippen LogP contribution in [0.2, 0.25) is 0 Å². The summed E-state index contributed by atoms with van der Waals surface area (Å²) in [5.41, 5.74) is 0. The van der Waals surface area contributed by atoms with Crippen LogP contribution in [0.15, 0.2) is 0 Å². The first-order valence-electron chi connectivity index (χ1n) is 7.54. The Labute approximate surface area is 121 Å². The van der Waals surface area contributed by atoms with Gasteiger partial charge in [-0.15, -0.1) is 0 Å². The summed E-state index contributed by atoms with van der Waals surface area (Å²) >= 11 is 0. The first kappa shape index (κ1) is 17.0. The molecule has 1 aliphatic heterocycles. The molecule has 116 valence electrons. The van der Waals surface area contributed by atoms with Crippen LogP contribution in [-0.2, 0) is 14.3 Å². The van der Waals surface area contributed by atoms with E-state index in [1.165, 1.54) is 0 Å². The van der Waals surface area contributed by atoms with E-state index in [0.29, 0.717) is 24.8 Å². The number of hydrogen-bond donors (Lipinski definition) is 2. The minimum atomic E-state index is -0.467. The Morgan fingerprint density at radius 1 is 1.15 bits per heavy atom. The fourth-order valence-corrected chi connectivity index (χ4v) is 2.02. The third kappa shape index (κ3) is 5.90. The van der Waals surface area contributed by atoms with E-state index in [1.807, 2.05) is 20.8 Å². The van der Waals surface area contributed by atoms with Crippen molar-refractivity contribution in [3.05, 3.63) is 0 Å². The van der Waals surface area contributed by atoms with Crippen LogP contribution in [0.4, 0.5) is 0 Å². The molecule has 0 saturated carbocycles. The molecule has 3 atom stereocenters. The van der Waals surface area contributed by atoms with E-state index >= 15 is 0 Å². The second-order valence-corrected chi connectivity index (χ2v) is 6.43. The molecule has 0 unspecified atom stereocenters. The monoisotopic (exact) mass is 284 g/mol. The minimum Gasteiger partial charge on any atom is -0.359 e. The number of nitrogens with one attached hydrogen (secondary N) is 2. The number of carbonyl (C=O) groups is 2. The average Bonchev–Trinajstić information content (AvgIpc) is 3.04. The Hall–Kier alpha value is -1.10. The van der Waals surface area contributed by atoms with Gasteiger partial charge in [-0.2, -0.15) is 0 Å². The summed E-state index contributed by atoms with van der Waals surface area (Å²) in [6, 6.07) is -0.467. The zero-order valence-electron chi connectivity index (χ0n) is 13.2. The Bertz CT molecular complexity index is 342. The van der Waals surface area contributed by atoms with Gasteiger partial charge in [0.05, 0.1) is 6.10 Å². The van der Waals surface area contributed by atoms with E-state index in [2.05, 4.69) is 24.5 Å². The van der Waals surface area contributed by atoms with Gasteiger partial charge in [0.15, 0.2) is 6.10 Å². The Morgan fingerprint density at radius 2 is 1.75 bits per heavy atom. The Morgan fingerprint density at radius 3 is 2.20 bits per heavy atom. The lowest BCUT2D eigenvalue weighted by atomic mass is 10.0. The second kappa shape index (κ2) is 7.62. The molecule has 0 aromatic rings. The van der Waals surface area contributed by atoms with Crippen molar-refractivity contribution in [1.82, 2.24) is 10.6 Å². The number of amides is 2. The van der Waals surface area contributed by atoms with Crippen LogP contribution < -0.4 is 10.6 Å². The third-order valence-corrected chi connectivity index (χ3v) is 3.33. The van der Waals surface area contributed by atoms with Crippen LogP contribution in [0.3, 0.4) is 0 Å². The maximum atomic E-state index is 12.2. The van der Waals surface area contributed by atoms with Crippen molar-refractivity contribution in [2.75, 3.05) is 6.54 Å². The molecule has 2 amide bonds. The van der Waals surface area contributed by atoms with Gasteiger partial charge in [0, 0.05) is 6.54 Å². The molecule has 0 aliphatic carbocycles. The lowest BCUT2D eigenvalue weighted by molar-refractivity contribution is -0.130. The van der Waals surface area contributed by atoms with Crippen molar-refractivity contribution in [2.24, 2.45) is 11.8 Å². The van der Waals surface area contributed by atoms with Gasteiger partial charge >= 0.3 is 0 Å². The molecule has 1 saturated heterocycles. The summed E-state index contributed by atoms with van der Waals surface area (Å²) in [6.45, 7) is 10.8. The number of carbonyl (C=O) groups excluding carboxylic acids is 2. The minimum absolute atomic E-state index is 0.0290. The maximum Gasteiger partial charge on any atom is 0.252 e. The largest absolute Gasteiger partial charge is 0.359 e. The quantitative estimate of drug-likeness (QED) is 0.663. The molecular weight excluding hydrogens is 256 g/mol. The van der Waals surface area contributed by atoms with Gasteiger partial charge in [0.1, 0.15) is 6.04 Å². The zero-order valence-corrected chi connectivity index (χ0v) is 13.2. The first-order valence-corrected chi connectivity index (χ1v) is 7.54. The van der Waals surface area contributed by atoms with Crippen LogP contribution in [0.5, 0.6) is 0 Å². The molecule has 0 radical (unpaired) electrons. The third-order valence-electron chi connectivity index (χ3n) is 3.33. The standard InChI is InChI=1S/C15H28N2O3/c1-9(2)6-7-16-14(18)12(8-10(3)4)17-15(19)13-11(5)20-13/h9-13H,6-8H2,1-5H3,(H,16,18)(H,17,19)/t11-,12+,13+/m1/s1. The van der Waals surface area contributed by atoms with Crippen molar-refractivity contribution >= 4 is 11.8 Å². The van der Waals surface area contributed by atoms with Gasteiger partial charge in [0.2, 0.25) is 5.91 Å². The summed E-state index contributed by atoms with van der Waals surface area (Å²) in [5.74, 6) is 0.617. The number of ether oxygens (including phenoxy) is 1. The predicted molar refractivity (Wildman–Crippen MR) is 78.2 cm³/mol. The van der Waals surface area contributed by atoms with Gasteiger partial charge in [-0.3, -0.25) is 9.59 Å². The van der Waals surface area contributed by atoms with Crippen LogP contribution in [0.1, 0.15) is 47.5 Å². The van der Waals surface area contributed by atoms with E-state index in [0.717, 1.165) is 6.42 Å². The molecule has 1 rings (SSSR count). The molecule has 1 fully saturated rings. The van der Waals surface area contributed by atoms with E-state index in [-0.39, 0.29) is 24.0 Å². The van der Waals surface area contributed by atoms with Crippen molar-refractivity contribution in [3.8, 4) is 0 Å². The number of rotatable bonds is 8. The van der Waals surface area contributed by atoms with Crippen LogP contribution in [0.25, 0.3) is 0 Å². The molecule has 5 nitrogen and oxygen atoms in total. The van der Waals surface area contributed by atoms with Crippen molar-refractivity contribution < 1.29 is 14.3 Å². The summed E-state index contributed by atoms with van der Waals surface area (Å²) in [4.78, 5) is 24.0. The SMILES string of the molecule is CC(C)CCNC(=O)[C@H](CC(C)C)NC(=O)[C@H]1O[C@@H]1C. The highest BCUT2D eigenvalue weighted by atomic mass is 16.6. The molecular formula is C15H28N2O3. The lowest BCUT2D eigenvalue weighted by Crippen LogP contribution is -2.49. The van der Waals surface area contributed by atoms with Gasteiger partial charge in [0.25, 0.3) is 5.91 Å². The fourth-order valence-electron chi connectivity index (χ4n) is 2.02. The second-order valence-electron chi connectivity index (χ2n) is 6.43. The van der Waals surface area contributed by atoms with Crippen LogP contribution in [0, 0.1) is 11.8 Å². The van der Waals surface area contributed by atoms with Crippen molar-refractivity contribution in [1.29, 1.82) is 0 Å². The highest BCUT2D eigenvalue weighted by Crippen LogP contribution is 2.21. The van der Waals surface area contributed by atoms with Crippen LogP contribution >= 0.6 is 0 Å². The molecule has 0 bridgehead atoms. The normalized spacial score (nSPS) is 22.8. The predicted octanol–water partition coefficient (Wildman–Crippen LogP) is 1.47. The average molecular weight is 284 g/mol. The van der Waals surface area contributed by atoms with Gasteiger partial charge in [-0.05, 0) is 31.6 Å². The topological polar surface area (TPSA) is 70.7 Å². The van der Waals surface area contributed by atoms with E-state index in [4.69, 9.17) is 4.74 Å². The molecule has 1 aliphatic rings. The summed E-state index contributed by atoms with van der Waals surface area (Å²) in [6.07, 6.45) is 1.17. The first-order chi connectivity index (χ1) is 9.31. The van der Waals surface area contributed by atoms with E-state index in [9.17, 15) is 9.59 Å². The number of hydrogen-bond acceptors (Lipinski definition) is 3. The molecule has 0 aromatic heterocycles. The fraction of sp³-hybridized carbons (Fsp3) is 0.867. The smallest absolute Gasteiger partial charge is 0.252 e. The lowest BCUT2D eigenvalue weighted by Gasteiger charge is -2.20. The molecule has 0 spiro atoms. The molecule has 2 N–H and O–H groups in total. The highest BCUT2D eigenvalue weighted by molar-refractivity contribution is 5.90. The van der Waals surface area contributed by atoms with Crippen molar-refractivity contribution in [3.63, 3.8) is 0 Å². The van der Waals surface area contributed by atoms with Crippen LogP contribution in [-0.4, -0.2) is 36.6 Å². The van der Waals surface area contributed by atoms with E-state index in [1.54, 1.807) is 0 Å². The maximum absolute atomic E-state index is 12.2. The molecule has 0 aromatic carbocycles. The molecule has 5 heteroatoms. The van der Waals surface area contributed by atoms with Crippen molar-refractivity contribution in [2.45, 2.75) is 65.7 Å². The highest BCUT2D eigenvalue weighted by Gasteiger charge is 2.42. The van der Waals surface area contributed by atoms with Gasteiger partial charge < -0.3 is 15.4 Å². The Kier molecular flexibility index (Phi) is 6.46. The number of epoxide rings is 1. The van der Waals surface area contributed by atoms with Gasteiger partial charge in [-0.1, -0.05) is 27.7 Å². The summed E-state index contributed by atoms with van der Waals surface area (Å²) in [5, 5.41) is 5.70. The molecule has 1 heterocycles. The van der Waals surface area contributed by atoms with Gasteiger partial charge in [-0.25, -0.2) is 0 Å². The zero-order chi connectivity index (χ0) is 15.3. The summed E-state index contributed by atoms with van der Waals surface area (Å²) in [7, 11) is 0. The molecule has 20 heavy (non-hydrogen) atoms. The van der Waals surface area contributed by atoms with E-state index < -0.39 is 6.04 Å². The summed E-state index contributed by atoms with van der Waals surface area (Å²) < 4.78 is 5.13.